The van der Waals surface area contributed by atoms with Crippen molar-refractivity contribution in [1.29, 1.82) is 0 Å². The van der Waals surface area contributed by atoms with Gasteiger partial charge in [0.1, 0.15) is 12.4 Å². The molecule has 25 heavy (non-hydrogen) atoms. The number of hydrogen-bond donors (Lipinski definition) is 1. The second-order valence-corrected chi connectivity index (χ2v) is 5.79. The third-order valence-corrected chi connectivity index (χ3v) is 3.46. The maximum Gasteiger partial charge on any atom is 0.221 e. The molecule has 2 rings (SSSR count). The smallest absolute Gasteiger partial charge is 0.221 e. The van der Waals surface area contributed by atoms with Crippen molar-refractivity contribution in [2.24, 2.45) is 5.16 Å². The first-order valence-corrected chi connectivity index (χ1v) is 8.28. The van der Waals surface area contributed by atoms with Crippen LogP contribution >= 0.6 is 0 Å². The molecule has 0 unspecified atom stereocenters. The number of benzene rings is 2. The average molecular weight is 340 g/mol. The molecule has 0 aromatic heterocycles. The molecule has 0 heterocycles. The second-order valence-electron chi connectivity index (χ2n) is 5.79. The topological polar surface area (TPSA) is 59.9 Å². The maximum absolute atomic E-state index is 11.0. The summed E-state index contributed by atoms with van der Waals surface area (Å²) in [6.07, 6.45) is 0.756. The number of oxime groups is 1. The van der Waals surface area contributed by atoms with Gasteiger partial charge in [0.25, 0.3) is 0 Å². The monoisotopic (exact) mass is 340 g/mol. The number of aryl methyl sites for hydroxylation is 1. The van der Waals surface area contributed by atoms with E-state index in [4.69, 9.17) is 9.57 Å². The number of amides is 1. The van der Waals surface area contributed by atoms with Crippen molar-refractivity contribution in [3.63, 3.8) is 0 Å². The van der Waals surface area contributed by atoms with Gasteiger partial charge in [-0.1, -0.05) is 29.4 Å². The zero-order valence-electron chi connectivity index (χ0n) is 14.9. The van der Waals surface area contributed by atoms with Crippen LogP contribution in [0.1, 0.15) is 31.4 Å². The summed E-state index contributed by atoms with van der Waals surface area (Å²) in [5, 5.41) is 6.85. The summed E-state index contributed by atoms with van der Waals surface area (Å²) in [5.41, 5.74) is 3.68. The zero-order chi connectivity index (χ0) is 18.1. The average Bonchev–Trinajstić information content (AvgIpc) is 2.58. The van der Waals surface area contributed by atoms with E-state index >= 15 is 0 Å². The van der Waals surface area contributed by atoms with Crippen molar-refractivity contribution in [3.05, 3.63) is 59.7 Å². The van der Waals surface area contributed by atoms with Crippen molar-refractivity contribution < 1.29 is 14.4 Å². The zero-order valence-corrected chi connectivity index (χ0v) is 14.9. The van der Waals surface area contributed by atoms with E-state index < -0.39 is 0 Å². The number of carbonyl (C=O) groups excluding carboxylic acids is 1. The Balaban J connectivity index is 1.71. The first-order valence-electron chi connectivity index (χ1n) is 8.28. The molecule has 1 amide bonds. The van der Waals surface area contributed by atoms with E-state index in [1.165, 1.54) is 12.5 Å². The number of anilines is 1. The Bertz CT molecular complexity index is 724. The van der Waals surface area contributed by atoms with E-state index in [1.54, 1.807) is 0 Å². The lowest BCUT2D eigenvalue weighted by molar-refractivity contribution is -0.114. The Labute approximate surface area is 148 Å². The molecule has 0 fully saturated rings. The standard InChI is InChI=1S/C20H24N2O3/c1-15-6-4-7-20(14-15)24-12-5-13-25-22-16(2)18-8-10-19(11-9-18)21-17(3)23/h4,6-11,14H,5,12-13H2,1-3H3,(H,21,23)/b22-16+. The summed E-state index contributed by atoms with van der Waals surface area (Å²) >= 11 is 0. The van der Waals surface area contributed by atoms with Crippen molar-refractivity contribution in [2.45, 2.75) is 27.2 Å². The van der Waals surface area contributed by atoms with E-state index in [0.717, 1.165) is 29.1 Å². The molecule has 5 nitrogen and oxygen atoms in total. The van der Waals surface area contributed by atoms with Crippen molar-refractivity contribution >= 4 is 17.3 Å². The van der Waals surface area contributed by atoms with E-state index in [1.807, 2.05) is 62.4 Å². The summed E-state index contributed by atoms with van der Waals surface area (Å²) in [5.74, 6) is 0.785. The van der Waals surface area contributed by atoms with Crippen LogP contribution in [-0.2, 0) is 9.63 Å². The molecule has 0 aliphatic carbocycles. The van der Waals surface area contributed by atoms with E-state index in [-0.39, 0.29) is 5.91 Å². The third kappa shape index (κ3) is 6.67. The van der Waals surface area contributed by atoms with Gasteiger partial charge in [0, 0.05) is 19.0 Å². The molecule has 132 valence electrons. The summed E-state index contributed by atoms with van der Waals surface area (Å²) in [6, 6.07) is 15.4. The van der Waals surface area contributed by atoms with Crippen LogP contribution in [0.5, 0.6) is 5.75 Å². The molecular weight excluding hydrogens is 316 g/mol. The highest BCUT2D eigenvalue weighted by atomic mass is 16.6. The predicted molar refractivity (Wildman–Crippen MR) is 100 cm³/mol. The summed E-state index contributed by atoms with van der Waals surface area (Å²) in [4.78, 5) is 16.3. The minimum atomic E-state index is -0.0886. The summed E-state index contributed by atoms with van der Waals surface area (Å²) < 4.78 is 5.66. The Morgan fingerprint density at radius 2 is 1.84 bits per heavy atom. The molecular formula is C20H24N2O3. The highest BCUT2D eigenvalue weighted by molar-refractivity contribution is 5.99. The summed E-state index contributed by atoms with van der Waals surface area (Å²) in [7, 11) is 0. The fraction of sp³-hybridized carbons (Fsp3) is 0.300. The van der Waals surface area contributed by atoms with Crippen molar-refractivity contribution in [1.82, 2.24) is 0 Å². The van der Waals surface area contributed by atoms with Crippen LogP contribution in [0, 0.1) is 6.92 Å². The van der Waals surface area contributed by atoms with Crippen molar-refractivity contribution in [3.8, 4) is 5.75 Å². The van der Waals surface area contributed by atoms with Gasteiger partial charge in [0.15, 0.2) is 0 Å². The molecule has 1 N–H and O–H groups in total. The molecule has 0 spiro atoms. The van der Waals surface area contributed by atoms with Gasteiger partial charge >= 0.3 is 0 Å². The predicted octanol–water partition coefficient (Wildman–Crippen LogP) is 4.16. The number of nitrogens with zero attached hydrogens (tertiary/aromatic N) is 1. The number of carbonyl (C=O) groups is 1. The second kappa shape index (κ2) is 9.47. The molecule has 2 aromatic rings. The van der Waals surface area contributed by atoms with Gasteiger partial charge in [0.2, 0.25) is 5.91 Å². The van der Waals surface area contributed by atoms with Crippen LogP contribution in [0.4, 0.5) is 5.69 Å². The molecule has 0 saturated carbocycles. The lowest BCUT2D eigenvalue weighted by Crippen LogP contribution is -2.06. The number of nitrogens with one attached hydrogen (secondary N) is 1. The number of hydrogen-bond acceptors (Lipinski definition) is 4. The Morgan fingerprint density at radius 1 is 1.08 bits per heavy atom. The van der Waals surface area contributed by atoms with Gasteiger partial charge in [0.05, 0.1) is 12.3 Å². The minimum Gasteiger partial charge on any atom is -0.493 e. The largest absolute Gasteiger partial charge is 0.493 e. The van der Waals surface area contributed by atoms with Crippen LogP contribution in [0.2, 0.25) is 0 Å². The first kappa shape index (κ1) is 18.5. The van der Waals surface area contributed by atoms with Crippen LogP contribution in [0.15, 0.2) is 53.7 Å². The van der Waals surface area contributed by atoms with Crippen LogP contribution in [-0.4, -0.2) is 24.8 Å². The Kier molecular flexibility index (Phi) is 7.01. The van der Waals surface area contributed by atoms with Gasteiger partial charge in [-0.3, -0.25) is 4.79 Å². The molecule has 0 saturated heterocycles. The first-order chi connectivity index (χ1) is 12.0. The minimum absolute atomic E-state index is 0.0886. The van der Waals surface area contributed by atoms with Crippen molar-refractivity contribution in [2.75, 3.05) is 18.5 Å². The van der Waals surface area contributed by atoms with Crippen LogP contribution < -0.4 is 10.1 Å². The maximum atomic E-state index is 11.0. The van der Waals surface area contributed by atoms with Gasteiger partial charge in [-0.2, -0.15) is 0 Å². The van der Waals surface area contributed by atoms with Gasteiger partial charge in [-0.05, 0) is 49.2 Å². The Hall–Kier alpha value is -2.82. The molecule has 0 atom stereocenters. The number of rotatable bonds is 8. The fourth-order valence-corrected chi connectivity index (χ4v) is 2.21. The fourth-order valence-electron chi connectivity index (χ4n) is 2.21. The highest BCUT2D eigenvalue weighted by Gasteiger charge is 2.00. The molecule has 5 heteroatoms. The quantitative estimate of drug-likeness (QED) is 0.446. The molecule has 0 radical (unpaired) electrons. The highest BCUT2D eigenvalue weighted by Crippen LogP contribution is 2.13. The van der Waals surface area contributed by atoms with E-state index in [9.17, 15) is 4.79 Å². The lowest BCUT2D eigenvalue weighted by atomic mass is 10.1. The number of ether oxygens (including phenoxy) is 1. The van der Waals surface area contributed by atoms with E-state index in [2.05, 4.69) is 10.5 Å². The summed E-state index contributed by atoms with van der Waals surface area (Å²) in [6.45, 7) is 6.49. The molecule has 0 aliphatic heterocycles. The van der Waals surface area contributed by atoms with Gasteiger partial charge < -0.3 is 14.9 Å². The third-order valence-electron chi connectivity index (χ3n) is 3.46. The molecule has 0 bridgehead atoms. The van der Waals surface area contributed by atoms with Gasteiger partial charge in [-0.25, -0.2) is 0 Å². The molecule has 0 aliphatic rings. The normalized spacial score (nSPS) is 11.1. The van der Waals surface area contributed by atoms with E-state index in [0.29, 0.717) is 13.2 Å². The Morgan fingerprint density at radius 3 is 2.52 bits per heavy atom. The molecule has 2 aromatic carbocycles. The lowest BCUT2D eigenvalue weighted by Gasteiger charge is -2.07. The van der Waals surface area contributed by atoms with Crippen LogP contribution in [0.3, 0.4) is 0 Å². The van der Waals surface area contributed by atoms with Gasteiger partial charge in [-0.15, -0.1) is 0 Å². The SMILES string of the molecule is CC(=O)Nc1ccc(/C(C)=N/OCCCOc2cccc(C)c2)cc1. The van der Waals surface area contributed by atoms with Crippen LogP contribution in [0.25, 0.3) is 0 Å².